The van der Waals surface area contributed by atoms with Gasteiger partial charge in [-0.3, -0.25) is 4.98 Å². The van der Waals surface area contributed by atoms with E-state index in [2.05, 4.69) is 25.3 Å². The lowest BCUT2D eigenvalue weighted by atomic mass is 10.2. The van der Waals surface area contributed by atoms with Crippen molar-refractivity contribution >= 4 is 16.9 Å². The van der Waals surface area contributed by atoms with Crippen molar-refractivity contribution in [1.82, 2.24) is 19.9 Å². The molecule has 0 aliphatic rings. The van der Waals surface area contributed by atoms with E-state index in [1.807, 2.05) is 30.3 Å². The number of hydrogen-bond acceptors (Lipinski definition) is 7. The minimum Gasteiger partial charge on any atom is -0.467 e. The highest BCUT2D eigenvalue weighted by molar-refractivity contribution is 5.79. The van der Waals surface area contributed by atoms with Crippen LogP contribution in [-0.2, 0) is 0 Å². The Kier molecular flexibility index (Phi) is 3.46. The molecule has 0 bridgehead atoms. The molecule has 0 radical (unpaired) electrons. The second-order valence-corrected chi connectivity index (χ2v) is 4.14. The molecular weight excluding hydrogens is 270 g/mol. The molecule has 0 unspecified atom stereocenters. The van der Waals surface area contributed by atoms with E-state index in [4.69, 9.17) is 9.47 Å². The van der Waals surface area contributed by atoms with Crippen LogP contribution in [0.2, 0.25) is 0 Å². The van der Waals surface area contributed by atoms with Gasteiger partial charge in [0.15, 0.2) is 0 Å². The summed E-state index contributed by atoms with van der Waals surface area (Å²) in [6.07, 6.45) is 1.62. The molecule has 2 aromatic heterocycles. The molecule has 0 amide bonds. The number of anilines is 1. The Morgan fingerprint density at radius 2 is 1.86 bits per heavy atom. The van der Waals surface area contributed by atoms with Crippen molar-refractivity contribution in [2.45, 2.75) is 0 Å². The van der Waals surface area contributed by atoms with E-state index in [9.17, 15) is 0 Å². The fraction of sp³-hybridized carbons (Fsp3) is 0.143. The minimum atomic E-state index is 0.142. The van der Waals surface area contributed by atoms with Crippen LogP contribution in [0.3, 0.4) is 0 Å². The summed E-state index contributed by atoms with van der Waals surface area (Å²) in [5.41, 5.74) is 0.897. The van der Waals surface area contributed by atoms with Crippen LogP contribution >= 0.6 is 0 Å². The molecule has 1 aromatic carbocycles. The van der Waals surface area contributed by atoms with E-state index in [-0.39, 0.29) is 12.0 Å². The molecule has 3 aromatic rings. The van der Waals surface area contributed by atoms with Gasteiger partial charge in [-0.2, -0.15) is 9.97 Å². The summed E-state index contributed by atoms with van der Waals surface area (Å²) in [6.45, 7) is 0. The number of nitrogens with one attached hydrogen (secondary N) is 1. The average molecular weight is 283 g/mol. The lowest BCUT2D eigenvalue weighted by molar-refractivity contribution is 0.360. The van der Waals surface area contributed by atoms with Gasteiger partial charge < -0.3 is 14.8 Å². The van der Waals surface area contributed by atoms with Crippen molar-refractivity contribution in [3.63, 3.8) is 0 Å². The highest BCUT2D eigenvalue weighted by atomic mass is 16.5. The lowest BCUT2D eigenvalue weighted by Crippen LogP contribution is -2.03. The molecule has 0 saturated carbocycles. The maximum atomic E-state index is 5.63. The van der Waals surface area contributed by atoms with Gasteiger partial charge in [0.05, 0.1) is 18.8 Å². The third-order valence-corrected chi connectivity index (χ3v) is 2.78. The van der Waals surface area contributed by atoms with Crippen LogP contribution < -0.4 is 14.8 Å². The Bertz CT molecular complexity index is 756. The van der Waals surface area contributed by atoms with Crippen LogP contribution in [0.4, 0.5) is 5.95 Å². The third kappa shape index (κ3) is 2.81. The number of rotatable bonds is 4. The molecule has 106 valence electrons. The Balaban J connectivity index is 1.94. The summed E-state index contributed by atoms with van der Waals surface area (Å²) < 4.78 is 10.6. The molecule has 0 spiro atoms. The van der Waals surface area contributed by atoms with Gasteiger partial charge in [-0.25, -0.2) is 0 Å². The molecule has 0 fully saturated rings. The lowest BCUT2D eigenvalue weighted by Gasteiger charge is -2.07. The summed E-state index contributed by atoms with van der Waals surface area (Å²) in [7, 11) is 3.19. The maximum absolute atomic E-state index is 5.63. The van der Waals surface area contributed by atoms with Gasteiger partial charge in [-0.15, -0.1) is 4.98 Å². The number of methoxy groups -OCH3 is 1. The summed E-state index contributed by atoms with van der Waals surface area (Å²) in [5.74, 6) is 0.912. The first-order valence-corrected chi connectivity index (χ1v) is 6.29. The quantitative estimate of drug-likeness (QED) is 0.786. The zero-order chi connectivity index (χ0) is 14.7. The van der Waals surface area contributed by atoms with Gasteiger partial charge in [0.2, 0.25) is 5.95 Å². The third-order valence-electron chi connectivity index (χ3n) is 2.78. The molecule has 21 heavy (non-hydrogen) atoms. The summed E-state index contributed by atoms with van der Waals surface area (Å²) in [4.78, 5) is 16.5. The second-order valence-electron chi connectivity index (χ2n) is 4.14. The van der Waals surface area contributed by atoms with Crippen molar-refractivity contribution in [2.75, 3.05) is 19.5 Å². The predicted molar refractivity (Wildman–Crippen MR) is 77.7 cm³/mol. The van der Waals surface area contributed by atoms with Crippen molar-refractivity contribution in [3.8, 4) is 17.8 Å². The van der Waals surface area contributed by atoms with E-state index < -0.39 is 0 Å². The molecule has 7 heteroatoms. The molecule has 3 rings (SSSR count). The Hall–Kier alpha value is -2.96. The number of nitrogens with zero attached hydrogens (tertiary/aromatic N) is 4. The first-order valence-electron chi connectivity index (χ1n) is 6.29. The van der Waals surface area contributed by atoms with E-state index in [0.29, 0.717) is 11.7 Å². The number of ether oxygens (including phenoxy) is 2. The van der Waals surface area contributed by atoms with E-state index >= 15 is 0 Å². The first-order chi connectivity index (χ1) is 10.3. The van der Waals surface area contributed by atoms with Crippen LogP contribution in [0.5, 0.6) is 17.8 Å². The monoisotopic (exact) mass is 283 g/mol. The predicted octanol–water partition coefficient (Wildman–Crippen LogP) is 2.26. The Morgan fingerprint density at radius 3 is 2.67 bits per heavy atom. The standard InChI is InChI=1S/C14H13N5O2/c1-15-12-17-13(20-2)19-14(18-12)21-10-7-9-5-3-4-6-11(9)16-8-10/h3-8H,1-2H3,(H,15,17,18,19). The largest absolute Gasteiger partial charge is 0.467 e. The van der Waals surface area contributed by atoms with Crippen LogP contribution in [0.1, 0.15) is 0 Å². The second kappa shape index (κ2) is 5.58. The number of hydrogen-bond donors (Lipinski definition) is 1. The molecule has 2 heterocycles. The summed E-state index contributed by atoms with van der Waals surface area (Å²) in [5, 5.41) is 3.80. The van der Waals surface area contributed by atoms with E-state index in [1.165, 1.54) is 7.11 Å². The van der Waals surface area contributed by atoms with Crippen molar-refractivity contribution in [2.24, 2.45) is 0 Å². The molecule has 0 atom stereocenters. The van der Waals surface area contributed by atoms with E-state index in [0.717, 1.165) is 10.9 Å². The topological polar surface area (TPSA) is 82.1 Å². The fourth-order valence-corrected chi connectivity index (χ4v) is 1.80. The smallest absolute Gasteiger partial charge is 0.330 e. The number of pyridine rings is 1. The maximum Gasteiger partial charge on any atom is 0.330 e. The van der Waals surface area contributed by atoms with Gasteiger partial charge in [0.25, 0.3) is 0 Å². The highest BCUT2D eigenvalue weighted by Gasteiger charge is 2.08. The van der Waals surface area contributed by atoms with Gasteiger partial charge in [-0.1, -0.05) is 18.2 Å². The zero-order valence-electron chi connectivity index (χ0n) is 11.6. The van der Waals surface area contributed by atoms with Gasteiger partial charge in [0, 0.05) is 12.4 Å². The van der Waals surface area contributed by atoms with Crippen molar-refractivity contribution in [3.05, 3.63) is 36.5 Å². The minimum absolute atomic E-state index is 0.142. The van der Waals surface area contributed by atoms with Crippen LogP contribution in [-0.4, -0.2) is 34.1 Å². The molecular formula is C14H13N5O2. The molecule has 7 nitrogen and oxygen atoms in total. The SMILES string of the molecule is CNc1nc(OC)nc(Oc2cnc3ccccc3c2)n1. The van der Waals surface area contributed by atoms with Crippen LogP contribution in [0, 0.1) is 0 Å². The highest BCUT2D eigenvalue weighted by Crippen LogP contribution is 2.23. The van der Waals surface area contributed by atoms with Crippen LogP contribution in [0.15, 0.2) is 36.5 Å². The normalized spacial score (nSPS) is 10.4. The van der Waals surface area contributed by atoms with E-state index in [1.54, 1.807) is 13.2 Å². The number of benzene rings is 1. The van der Waals surface area contributed by atoms with Crippen molar-refractivity contribution in [1.29, 1.82) is 0 Å². The van der Waals surface area contributed by atoms with Gasteiger partial charge in [-0.05, 0) is 12.1 Å². The zero-order valence-corrected chi connectivity index (χ0v) is 11.6. The number of para-hydroxylation sites is 1. The Morgan fingerprint density at radius 1 is 1.05 bits per heavy atom. The molecule has 0 saturated heterocycles. The Labute approximate surface area is 121 Å². The summed E-state index contributed by atoms with van der Waals surface area (Å²) in [6, 6.07) is 9.97. The van der Waals surface area contributed by atoms with Crippen LogP contribution in [0.25, 0.3) is 10.9 Å². The average Bonchev–Trinajstić information content (AvgIpc) is 2.54. The number of aromatic nitrogens is 4. The van der Waals surface area contributed by atoms with Gasteiger partial charge >= 0.3 is 12.0 Å². The molecule has 0 aliphatic heterocycles. The molecule has 0 aliphatic carbocycles. The van der Waals surface area contributed by atoms with Gasteiger partial charge in [0.1, 0.15) is 5.75 Å². The number of fused-ring (bicyclic) bond motifs is 1. The summed E-state index contributed by atoms with van der Waals surface area (Å²) >= 11 is 0. The molecule has 1 N–H and O–H groups in total. The fourth-order valence-electron chi connectivity index (χ4n) is 1.80. The first kappa shape index (κ1) is 13.0. The van der Waals surface area contributed by atoms with Crippen molar-refractivity contribution < 1.29 is 9.47 Å².